The van der Waals surface area contributed by atoms with Crippen molar-refractivity contribution >= 4 is 44.5 Å². The fourth-order valence-corrected chi connectivity index (χ4v) is 5.50. The van der Waals surface area contributed by atoms with Crippen LogP contribution in [0.3, 0.4) is 0 Å². The zero-order chi connectivity index (χ0) is 23.9. The zero-order valence-corrected chi connectivity index (χ0v) is 19.8. The van der Waals surface area contributed by atoms with E-state index in [1.165, 1.54) is 12.1 Å². The normalized spacial score (nSPS) is 21.2. The molecule has 3 aromatic rings. The Morgan fingerprint density at radius 1 is 1.00 bits per heavy atom. The molecule has 11 heteroatoms. The highest BCUT2D eigenvalue weighted by Crippen LogP contribution is 2.34. The summed E-state index contributed by atoms with van der Waals surface area (Å²) in [4.78, 5) is 29.2. The van der Waals surface area contributed by atoms with Crippen LogP contribution in [0, 0.1) is 5.92 Å². The van der Waals surface area contributed by atoms with Crippen molar-refractivity contribution in [2.75, 3.05) is 0 Å². The van der Waals surface area contributed by atoms with Gasteiger partial charge in [0.1, 0.15) is 5.52 Å². The van der Waals surface area contributed by atoms with Crippen LogP contribution in [0.2, 0.25) is 5.02 Å². The highest BCUT2D eigenvalue weighted by molar-refractivity contribution is 7.89. The zero-order valence-electron chi connectivity index (χ0n) is 18.3. The van der Waals surface area contributed by atoms with E-state index in [2.05, 4.69) is 10.3 Å². The number of hydrogen-bond acceptors (Lipinski definition) is 7. The van der Waals surface area contributed by atoms with E-state index < -0.39 is 26.9 Å². The first-order chi connectivity index (χ1) is 16.3. The summed E-state index contributed by atoms with van der Waals surface area (Å²) >= 11 is 6.02. The number of furan rings is 1. The average Bonchev–Trinajstić information content (AvgIpc) is 3.40. The molecule has 34 heavy (non-hydrogen) atoms. The number of benzene rings is 1. The maximum Gasteiger partial charge on any atom is 0.297 e. The molecule has 1 aromatic carbocycles. The minimum Gasteiger partial charge on any atom is -0.440 e. The van der Waals surface area contributed by atoms with E-state index in [1.54, 1.807) is 18.2 Å². The van der Waals surface area contributed by atoms with Gasteiger partial charge in [-0.15, -0.1) is 0 Å². The molecule has 0 bridgehead atoms. The Balaban J connectivity index is 1.16. The van der Waals surface area contributed by atoms with Gasteiger partial charge in [0.05, 0.1) is 0 Å². The summed E-state index contributed by atoms with van der Waals surface area (Å²) < 4.78 is 37.9. The van der Waals surface area contributed by atoms with Crippen molar-refractivity contribution in [2.24, 2.45) is 5.92 Å². The largest absolute Gasteiger partial charge is 0.440 e. The summed E-state index contributed by atoms with van der Waals surface area (Å²) in [5.74, 6) is -0.602. The molecule has 2 saturated carbocycles. The summed E-state index contributed by atoms with van der Waals surface area (Å²) in [6.45, 7) is 0. The monoisotopic (exact) mass is 505 g/mol. The minimum atomic E-state index is -4.15. The number of sulfonamides is 1. The van der Waals surface area contributed by atoms with E-state index in [1.807, 2.05) is 4.72 Å². The second kappa shape index (κ2) is 9.07. The van der Waals surface area contributed by atoms with Gasteiger partial charge in [0.25, 0.3) is 15.9 Å². The lowest BCUT2D eigenvalue weighted by Gasteiger charge is -2.27. The summed E-state index contributed by atoms with van der Waals surface area (Å²) in [5, 5.41) is 3.05. The molecule has 0 aliphatic heterocycles. The van der Waals surface area contributed by atoms with E-state index in [0.29, 0.717) is 29.3 Å². The van der Waals surface area contributed by atoms with E-state index in [4.69, 9.17) is 20.4 Å². The molecule has 2 aliphatic rings. The van der Waals surface area contributed by atoms with Crippen LogP contribution in [0.25, 0.3) is 11.1 Å². The van der Waals surface area contributed by atoms with Crippen LogP contribution in [-0.2, 0) is 14.8 Å². The predicted molar refractivity (Wildman–Crippen MR) is 123 cm³/mol. The molecule has 2 amide bonds. The molecule has 5 rings (SSSR count). The van der Waals surface area contributed by atoms with Gasteiger partial charge < -0.3 is 14.2 Å². The molecular formula is C23H24ClN3O6S. The van der Waals surface area contributed by atoms with Gasteiger partial charge in [0.15, 0.2) is 17.2 Å². The molecule has 9 nitrogen and oxygen atoms in total. The molecule has 2 heterocycles. The van der Waals surface area contributed by atoms with Gasteiger partial charge in [-0.05, 0) is 68.9 Å². The number of nitrogens with one attached hydrogen (secondary N) is 2. The number of rotatable bonds is 6. The Hall–Kier alpha value is -2.85. The third kappa shape index (κ3) is 4.69. The van der Waals surface area contributed by atoms with Crippen LogP contribution in [0.1, 0.15) is 67.3 Å². The maximum atomic E-state index is 12.6. The summed E-state index contributed by atoms with van der Waals surface area (Å²) in [6, 6.07) is 7.74. The molecule has 2 N–H and O–H groups in total. The van der Waals surface area contributed by atoms with Crippen molar-refractivity contribution < 1.29 is 26.8 Å². The topological polar surface area (TPSA) is 132 Å². The van der Waals surface area contributed by atoms with Crippen LogP contribution in [0.4, 0.5) is 0 Å². The average molecular weight is 506 g/mol. The molecule has 2 aliphatic carbocycles. The first-order valence-corrected chi connectivity index (χ1v) is 13.2. The lowest BCUT2D eigenvalue weighted by atomic mass is 9.85. The van der Waals surface area contributed by atoms with Gasteiger partial charge in [0.2, 0.25) is 11.0 Å². The van der Waals surface area contributed by atoms with Crippen molar-refractivity contribution in [3.05, 3.63) is 47.0 Å². The summed E-state index contributed by atoms with van der Waals surface area (Å²) in [5.41, 5.74) is 1.42. The number of aromatic nitrogens is 1. The van der Waals surface area contributed by atoms with Crippen LogP contribution < -0.4 is 10.0 Å². The minimum absolute atomic E-state index is 0.0777. The van der Waals surface area contributed by atoms with E-state index in [-0.39, 0.29) is 23.6 Å². The van der Waals surface area contributed by atoms with Gasteiger partial charge >= 0.3 is 0 Å². The highest BCUT2D eigenvalue weighted by Gasteiger charge is 2.31. The van der Waals surface area contributed by atoms with Gasteiger partial charge in [-0.25, -0.2) is 9.71 Å². The molecule has 0 unspecified atom stereocenters. The fraction of sp³-hybridized carbons (Fsp3) is 0.435. The van der Waals surface area contributed by atoms with Gasteiger partial charge in [-0.3, -0.25) is 9.59 Å². The van der Waals surface area contributed by atoms with Gasteiger partial charge in [0, 0.05) is 22.9 Å². The number of amides is 2. The van der Waals surface area contributed by atoms with E-state index in [9.17, 15) is 18.0 Å². The Labute approximate surface area is 201 Å². The summed E-state index contributed by atoms with van der Waals surface area (Å²) in [7, 11) is -4.15. The predicted octanol–water partition coefficient (Wildman–Crippen LogP) is 4.14. The first-order valence-electron chi connectivity index (χ1n) is 11.3. The Morgan fingerprint density at radius 3 is 2.47 bits per heavy atom. The SMILES string of the molecule is O=C(N[C@H]1CC[C@H](c2nc3cc(Cl)ccc3o2)CC1)c1ccc(S(=O)(=O)NC(=O)C2CCC2)o1. The molecule has 2 aromatic heterocycles. The van der Waals surface area contributed by atoms with Crippen LogP contribution in [0.15, 0.2) is 44.3 Å². The van der Waals surface area contributed by atoms with Crippen molar-refractivity contribution in [2.45, 2.75) is 62.0 Å². The quantitative estimate of drug-likeness (QED) is 0.514. The molecule has 0 spiro atoms. The molecule has 180 valence electrons. The number of oxazole rings is 1. The standard InChI is InChI=1S/C23H24ClN3O6S/c24-15-6-9-18-17(12-15)26-23(33-18)14-4-7-16(8-5-14)25-22(29)19-10-11-20(32-19)34(30,31)27-21(28)13-2-1-3-13/h6,9-14,16H,1-5,7-8H2,(H,25,29)(H,27,28)/t14-,16-. The van der Waals surface area contributed by atoms with Crippen LogP contribution in [-0.4, -0.2) is 31.3 Å². The molecular weight excluding hydrogens is 482 g/mol. The van der Waals surface area contributed by atoms with Crippen LogP contribution >= 0.6 is 11.6 Å². The number of fused-ring (bicyclic) bond motifs is 1. The van der Waals surface area contributed by atoms with Crippen molar-refractivity contribution in [1.29, 1.82) is 0 Å². The molecule has 2 fully saturated rings. The third-order valence-corrected chi connectivity index (χ3v) is 8.01. The van der Waals surface area contributed by atoms with Crippen molar-refractivity contribution in [1.82, 2.24) is 15.0 Å². The van der Waals surface area contributed by atoms with Gasteiger partial charge in [-0.2, -0.15) is 8.42 Å². The van der Waals surface area contributed by atoms with Crippen LogP contribution in [0.5, 0.6) is 0 Å². The smallest absolute Gasteiger partial charge is 0.297 e. The Bertz CT molecular complexity index is 1340. The molecule has 0 saturated heterocycles. The lowest BCUT2D eigenvalue weighted by Crippen LogP contribution is -2.38. The second-order valence-corrected chi connectivity index (χ2v) is 11.0. The summed E-state index contributed by atoms with van der Waals surface area (Å²) in [6.07, 6.45) is 5.28. The first kappa shape index (κ1) is 22.9. The molecule has 0 atom stereocenters. The Kier molecular flexibility index (Phi) is 6.11. The van der Waals surface area contributed by atoms with Crippen molar-refractivity contribution in [3.8, 4) is 0 Å². The van der Waals surface area contributed by atoms with E-state index >= 15 is 0 Å². The lowest BCUT2D eigenvalue weighted by molar-refractivity contribution is -0.125. The number of halogens is 1. The number of carbonyl (C=O) groups is 2. The number of hydrogen-bond donors (Lipinski definition) is 2. The highest BCUT2D eigenvalue weighted by atomic mass is 35.5. The Morgan fingerprint density at radius 2 is 1.76 bits per heavy atom. The molecule has 0 radical (unpaired) electrons. The van der Waals surface area contributed by atoms with Gasteiger partial charge in [-0.1, -0.05) is 18.0 Å². The van der Waals surface area contributed by atoms with E-state index in [0.717, 1.165) is 37.6 Å². The third-order valence-electron chi connectivity index (χ3n) is 6.56. The second-order valence-electron chi connectivity index (χ2n) is 8.90. The van der Waals surface area contributed by atoms with Crippen molar-refractivity contribution in [3.63, 3.8) is 0 Å². The fourth-order valence-electron chi connectivity index (χ4n) is 4.36. The maximum absolute atomic E-state index is 12.6. The number of nitrogens with zero attached hydrogens (tertiary/aromatic N) is 1. The number of carbonyl (C=O) groups excluding carboxylic acids is 2.